The van der Waals surface area contributed by atoms with Crippen LogP contribution in [-0.4, -0.2) is 36.1 Å². The van der Waals surface area contributed by atoms with Gasteiger partial charge < -0.3 is 9.80 Å². The molecule has 2 heterocycles. The van der Waals surface area contributed by atoms with Gasteiger partial charge in [-0.05, 0) is 19.3 Å². The number of hydrogen-bond donors (Lipinski definition) is 2. The minimum atomic E-state index is 0.0590. The van der Waals surface area contributed by atoms with E-state index in [1.807, 2.05) is 0 Å². The maximum atomic E-state index is 12.4. The zero-order valence-corrected chi connectivity index (χ0v) is 16.6. The number of fused-ring (bicyclic) bond motifs is 1. The number of nitrogens with zero attached hydrogens (tertiary/aromatic N) is 2. The second kappa shape index (κ2) is 7.84. The molecule has 0 saturated carbocycles. The van der Waals surface area contributed by atoms with Crippen LogP contribution in [0.4, 0.5) is 5.95 Å². The molecular weight excluding hydrogens is 360 g/mol. The second-order valence-electron chi connectivity index (χ2n) is 8.07. The van der Waals surface area contributed by atoms with Crippen LogP contribution in [0.5, 0.6) is 0 Å². The molecule has 0 unspecified atom stereocenters. The van der Waals surface area contributed by atoms with Crippen molar-refractivity contribution in [2.45, 2.75) is 25.3 Å². The molecule has 1 aromatic heterocycles. The molecule has 0 radical (unpaired) electrons. The Bertz CT molecular complexity index is 984. The first-order valence-corrected chi connectivity index (χ1v) is 10.6. The average molecular weight is 388 g/mol. The lowest BCUT2D eigenvalue weighted by molar-refractivity contribution is -0.926. The molecule has 0 spiro atoms. The van der Waals surface area contributed by atoms with Crippen molar-refractivity contribution in [2.24, 2.45) is 0 Å². The summed E-state index contributed by atoms with van der Waals surface area (Å²) in [6, 6.07) is 21.9. The van der Waals surface area contributed by atoms with Crippen LogP contribution in [0.2, 0.25) is 0 Å². The molecule has 1 saturated heterocycles. The molecule has 2 aliphatic rings. The first-order chi connectivity index (χ1) is 14.3. The number of aromatic nitrogens is 2. The van der Waals surface area contributed by atoms with E-state index >= 15 is 0 Å². The summed E-state index contributed by atoms with van der Waals surface area (Å²) in [4.78, 5) is 24.0. The first-order valence-electron chi connectivity index (χ1n) is 10.6. The zero-order valence-electron chi connectivity index (χ0n) is 16.6. The van der Waals surface area contributed by atoms with Crippen LogP contribution in [-0.2, 0) is 12.8 Å². The molecule has 5 heteroatoms. The summed E-state index contributed by atoms with van der Waals surface area (Å²) < 4.78 is 0. The van der Waals surface area contributed by atoms with Crippen LogP contribution in [0.15, 0.2) is 65.5 Å². The van der Waals surface area contributed by atoms with Gasteiger partial charge in [0.1, 0.15) is 6.04 Å². The fraction of sp³-hybridized carbons (Fsp3) is 0.333. The van der Waals surface area contributed by atoms with Crippen molar-refractivity contribution in [3.8, 4) is 0 Å². The molecule has 2 aromatic carbocycles. The van der Waals surface area contributed by atoms with Crippen molar-refractivity contribution < 1.29 is 4.90 Å². The van der Waals surface area contributed by atoms with Crippen LogP contribution in [0.1, 0.15) is 34.8 Å². The monoisotopic (exact) mass is 387 g/mol. The van der Waals surface area contributed by atoms with E-state index in [0.717, 1.165) is 62.6 Å². The van der Waals surface area contributed by atoms with Gasteiger partial charge in [0.05, 0.1) is 31.9 Å². The highest BCUT2D eigenvalue weighted by atomic mass is 16.1. The maximum Gasteiger partial charge on any atom is 0.255 e. The van der Waals surface area contributed by atoms with Gasteiger partial charge in [-0.25, -0.2) is 4.98 Å². The standard InChI is InChI=1S/C24H26N4O/c29-23-20-12-7-13-21(20)25-24(26-23)28-16-14-27(15-17-28)22(18-8-3-1-4-9-18)19-10-5-2-6-11-19/h1-6,8-11,22H,7,12-17H2,(H,25,26,29)/p+1. The van der Waals surface area contributed by atoms with Crippen LogP contribution < -0.4 is 15.4 Å². The van der Waals surface area contributed by atoms with Gasteiger partial charge in [0.25, 0.3) is 5.56 Å². The average Bonchev–Trinajstić information content (AvgIpc) is 3.25. The van der Waals surface area contributed by atoms with E-state index in [1.165, 1.54) is 11.1 Å². The van der Waals surface area contributed by atoms with E-state index in [2.05, 4.69) is 70.5 Å². The van der Waals surface area contributed by atoms with E-state index < -0.39 is 0 Å². The third-order valence-electron chi connectivity index (χ3n) is 6.31. The SMILES string of the molecule is O=c1[nH]c(N2CC[NH+](C(c3ccccc3)c3ccccc3)CC2)nc2c1CCC2. The number of aryl methyl sites for hydroxylation is 1. The van der Waals surface area contributed by atoms with Gasteiger partial charge in [0.15, 0.2) is 0 Å². The van der Waals surface area contributed by atoms with Crippen molar-refractivity contribution in [1.82, 2.24) is 9.97 Å². The number of quaternary nitrogens is 1. The molecule has 5 nitrogen and oxygen atoms in total. The summed E-state index contributed by atoms with van der Waals surface area (Å²) in [6.45, 7) is 3.81. The number of nitrogens with one attached hydrogen (secondary N) is 2. The fourth-order valence-corrected chi connectivity index (χ4v) is 4.83. The Kier molecular flexibility index (Phi) is 4.90. The lowest BCUT2D eigenvalue weighted by Gasteiger charge is -2.37. The van der Waals surface area contributed by atoms with Crippen molar-refractivity contribution in [3.05, 3.63) is 93.4 Å². The number of hydrogen-bond acceptors (Lipinski definition) is 3. The molecule has 0 atom stereocenters. The van der Waals surface area contributed by atoms with Gasteiger partial charge in [-0.3, -0.25) is 9.78 Å². The zero-order chi connectivity index (χ0) is 19.6. The Labute approximate surface area is 171 Å². The molecule has 1 aliphatic heterocycles. The van der Waals surface area contributed by atoms with Crippen molar-refractivity contribution in [2.75, 3.05) is 31.1 Å². The summed E-state index contributed by atoms with van der Waals surface area (Å²) in [5.74, 6) is 0.755. The fourth-order valence-electron chi connectivity index (χ4n) is 4.83. The normalized spacial score (nSPS) is 16.9. The van der Waals surface area contributed by atoms with E-state index in [0.29, 0.717) is 6.04 Å². The molecule has 0 amide bonds. The minimum absolute atomic E-state index is 0.0590. The van der Waals surface area contributed by atoms with Crippen molar-refractivity contribution in [3.63, 3.8) is 0 Å². The summed E-state index contributed by atoms with van der Waals surface area (Å²) in [5.41, 5.74) is 4.66. The lowest BCUT2D eigenvalue weighted by Crippen LogP contribution is -3.15. The van der Waals surface area contributed by atoms with Crippen LogP contribution in [0.3, 0.4) is 0 Å². The highest BCUT2D eigenvalue weighted by molar-refractivity contribution is 5.36. The van der Waals surface area contributed by atoms with Gasteiger partial charge in [0, 0.05) is 16.7 Å². The number of aromatic amines is 1. The van der Waals surface area contributed by atoms with E-state index in [1.54, 1.807) is 4.90 Å². The van der Waals surface area contributed by atoms with Gasteiger partial charge in [-0.15, -0.1) is 0 Å². The van der Waals surface area contributed by atoms with Crippen LogP contribution in [0.25, 0.3) is 0 Å². The third-order valence-corrected chi connectivity index (χ3v) is 6.31. The highest BCUT2D eigenvalue weighted by Gasteiger charge is 2.31. The maximum absolute atomic E-state index is 12.4. The molecular formula is C24H27N4O+. The molecule has 0 bridgehead atoms. The lowest BCUT2D eigenvalue weighted by atomic mass is 9.96. The van der Waals surface area contributed by atoms with Crippen LogP contribution in [0, 0.1) is 0 Å². The van der Waals surface area contributed by atoms with Crippen LogP contribution >= 0.6 is 0 Å². The number of piperazine rings is 1. The quantitative estimate of drug-likeness (QED) is 0.717. The molecule has 3 aromatic rings. The van der Waals surface area contributed by atoms with Gasteiger partial charge >= 0.3 is 0 Å². The van der Waals surface area contributed by atoms with Crippen molar-refractivity contribution >= 4 is 5.95 Å². The predicted octanol–water partition coefficient (Wildman–Crippen LogP) is 1.75. The highest BCUT2D eigenvalue weighted by Crippen LogP contribution is 2.21. The van der Waals surface area contributed by atoms with Crippen molar-refractivity contribution in [1.29, 1.82) is 0 Å². The summed E-state index contributed by atoms with van der Waals surface area (Å²) in [5, 5.41) is 0. The molecule has 2 N–H and O–H groups in total. The molecule has 1 aliphatic carbocycles. The topological polar surface area (TPSA) is 53.4 Å². The smallest absolute Gasteiger partial charge is 0.255 e. The third kappa shape index (κ3) is 3.58. The van der Waals surface area contributed by atoms with Gasteiger partial charge in [-0.1, -0.05) is 60.7 Å². The number of rotatable bonds is 4. The molecule has 1 fully saturated rings. The Morgan fingerprint density at radius 3 is 2.14 bits per heavy atom. The van der Waals surface area contributed by atoms with Gasteiger partial charge in [0.2, 0.25) is 5.95 Å². The summed E-state index contributed by atoms with van der Waals surface area (Å²) in [6.07, 6.45) is 2.84. The predicted molar refractivity (Wildman–Crippen MR) is 115 cm³/mol. The number of H-pyrrole nitrogens is 1. The Morgan fingerprint density at radius 1 is 0.897 bits per heavy atom. The minimum Gasteiger partial charge on any atom is -0.331 e. The molecule has 148 valence electrons. The Morgan fingerprint density at radius 2 is 1.52 bits per heavy atom. The number of benzene rings is 2. The Balaban J connectivity index is 1.37. The first kappa shape index (κ1) is 18.1. The Hall–Kier alpha value is -2.92. The molecule has 29 heavy (non-hydrogen) atoms. The largest absolute Gasteiger partial charge is 0.331 e. The number of anilines is 1. The molecule has 5 rings (SSSR count). The van der Waals surface area contributed by atoms with Gasteiger partial charge in [-0.2, -0.15) is 0 Å². The van der Waals surface area contributed by atoms with E-state index in [4.69, 9.17) is 4.98 Å². The van der Waals surface area contributed by atoms with E-state index in [-0.39, 0.29) is 5.56 Å². The van der Waals surface area contributed by atoms with E-state index in [9.17, 15) is 4.79 Å². The summed E-state index contributed by atoms with van der Waals surface area (Å²) >= 11 is 0. The summed E-state index contributed by atoms with van der Waals surface area (Å²) in [7, 11) is 0. The second-order valence-corrected chi connectivity index (χ2v) is 8.07.